The third kappa shape index (κ3) is 4.44. The molecule has 174 valence electrons. The Kier molecular flexibility index (Phi) is 6.37. The van der Waals surface area contributed by atoms with Crippen LogP contribution in [0.1, 0.15) is 45.3 Å². The Labute approximate surface area is 204 Å². The van der Waals surface area contributed by atoms with Crippen LogP contribution in [-0.2, 0) is 11.2 Å². The van der Waals surface area contributed by atoms with Crippen molar-refractivity contribution < 1.29 is 9.59 Å². The number of thioether (sulfide) groups is 1. The summed E-state index contributed by atoms with van der Waals surface area (Å²) in [6.45, 7) is 4.31. The van der Waals surface area contributed by atoms with Gasteiger partial charge in [0.1, 0.15) is 10.3 Å². The van der Waals surface area contributed by atoms with Crippen molar-refractivity contribution >= 4 is 23.6 Å². The predicted octanol–water partition coefficient (Wildman–Crippen LogP) is 4.54. The van der Waals surface area contributed by atoms with Gasteiger partial charge in [-0.05, 0) is 43.4 Å². The van der Waals surface area contributed by atoms with Crippen molar-refractivity contribution in [2.45, 2.75) is 36.5 Å². The molecule has 0 bridgehead atoms. The summed E-state index contributed by atoms with van der Waals surface area (Å²) in [4.78, 5) is 39.2. The van der Waals surface area contributed by atoms with Crippen molar-refractivity contribution in [3.8, 4) is 11.3 Å². The molecule has 2 amide bonds. The number of nitrogens with zero attached hydrogens (tertiary/aromatic N) is 4. The lowest BCUT2D eigenvalue weighted by atomic mass is 9.96. The maximum absolute atomic E-state index is 13.4. The Morgan fingerprint density at radius 2 is 1.82 bits per heavy atom. The molecule has 1 saturated heterocycles. The van der Waals surface area contributed by atoms with Gasteiger partial charge in [0.25, 0.3) is 5.91 Å². The lowest BCUT2D eigenvalue weighted by molar-refractivity contribution is -0.129. The van der Waals surface area contributed by atoms with Crippen molar-refractivity contribution in [1.82, 2.24) is 19.8 Å². The van der Waals surface area contributed by atoms with Crippen molar-refractivity contribution in [3.63, 3.8) is 0 Å². The van der Waals surface area contributed by atoms with Crippen molar-refractivity contribution in [2.24, 2.45) is 0 Å². The first-order valence-corrected chi connectivity index (χ1v) is 12.6. The second kappa shape index (κ2) is 9.58. The van der Waals surface area contributed by atoms with Crippen molar-refractivity contribution in [1.29, 1.82) is 0 Å². The van der Waals surface area contributed by atoms with Crippen LogP contribution < -0.4 is 0 Å². The second-order valence-corrected chi connectivity index (χ2v) is 10.0. The number of likely N-dealkylation sites (tertiary alicyclic amines) is 1. The molecule has 0 saturated carbocycles. The average molecular weight is 473 g/mol. The highest BCUT2D eigenvalue weighted by Gasteiger charge is 2.30. The van der Waals surface area contributed by atoms with Crippen LogP contribution in [0.4, 0.5) is 0 Å². The van der Waals surface area contributed by atoms with Crippen molar-refractivity contribution in [3.05, 3.63) is 77.1 Å². The fourth-order valence-corrected chi connectivity index (χ4v) is 5.67. The van der Waals surface area contributed by atoms with Crippen LogP contribution in [0.2, 0.25) is 0 Å². The number of amides is 2. The van der Waals surface area contributed by atoms with E-state index >= 15 is 0 Å². The van der Waals surface area contributed by atoms with E-state index in [0.29, 0.717) is 0 Å². The third-order valence-corrected chi connectivity index (χ3v) is 7.91. The zero-order chi connectivity index (χ0) is 23.7. The van der Waals surface area contributed by atoms with Crippen LogP contribution in [0.3, 0.4) is 0 Å². The van der Waals surface area contributed by atoms with Gasteiger partial charge in [0, 0.05) is 37.8 Å². The summed E-state index contributed by atoms with van der Waals surface area (Å²) < 4.78 is 0. The van der Waals surface area contributed by atoms with E-state index in [2.05, 4.69) is 0 Å². The summed E-state index contributed by atoms with van der Waals surface area (Å²) in [5.41, 5.74) is 5.18. The molecule has 0 spiro atoms. The van der Waals surface area contributed by atoms with Gasteiger partial charge in [-0.15, -0.1) is 0 Å². The molecule has 7 heteroatoms. The Bertz CT molecular complexity index is 1220. The van der Waals surface area contributed by atoms with E-state index in [9.17, 15) is 9.59 Å². The topological polar surface area (TPSA) is 66.4 Å². The SMILES string of the molecule is Cc1nc(-c2ccc3c(c2)C(=O)N(C)CC3)cnc1SC(C(=O)N1CCCC1)c1ccccc1. The lowest BCUT2D eigenvalue weighted by Crippen LogP contribution is -2.34. The zero-order valence-corrected chi connectivity index (χ0v) is 20.3. The number of hydrogen-bond donors (Lipinski definition) is 0. The fraction of sp³-hybridized carbons (Fsp3) is 0.333. The number of benzene rings is 2. The van der Waals surface area contributed by atoms with Crippen molar-refractivity contribution in [2.75, 3.05) is 26.7 Å². The molecule has 2 aliphatic rings. The van der Waals surface area contributed by atoms with Gasteiger partial charge < -0.3 is 9.80 Å². The molecule has 6 nitrogen and oxygen atoms in total. The molecule has 0 radical (unpaired) electrons. The number of fused-ring (bicyclic) bond motifs is 1. The van der Waals surface area contributed by atoms with Crippen LogP contribution in [0.25, 0.3) is 11.3 Å². The molecule has 1 fully saturated rings. The molecule has 5 rings (SSSR count). The highest BCUT2D eigenvalue weighted by molar-refractivity contribution is 8.00. The standard InChI is InChI=1S/C27H28N4O2S/c1-18-25(34-24(20-8-4-3-5-9-20)27(33)31-13-6-7-14-31)28-17-23(29-18)21-11-10-19-12-15-30(2)26(32)22(19)16-21/h3-5,8-11,16-17,24H,6-7,12-15H2,1-2H3. The maximum atomic E-state index is 13.4. The van der Waals surface area contributed by atoms with Gasteiger partial charge in [-0.2, -0.15) is 0 Å². The number of carbonyl (C=O) groups is 2. The van der Waals surface area contributed by atoms with Crippen LogP contribution in [0.15, 0.2) is 59.8 Å². The summed E-state index contributed by atoms with van der Waals surface area (Å²) in [5.74, 6) is 0.183. The van der Waals surface area contributed by atoms with Gasteiger partial charge in [0.15, 0.2) is 0 Å². The zero-order valence-electron chi connectivity index (χ0n) is 19.5. The molecule has 1 aromatic heterocycles. The van der Waals surface area contributed by atoms with Crippen LogP contribution in [0, 0.1) is 6.92 Å². The smallest absolute Gasteiger partial charge is 0.253 e. The summed E-state index contributed by atoms with van der Waals surface area (Å²) >= 11 is 1.47. The minimum atomic E-state index is -0.352. The minimum absolute atomic E-state index is 0.0473. The van der Waals surface area contributed by atoms with E-state index in [0.717, 1.165) is 77.6 Å². The average Bonchev–Trinajstić information content (AvgIpc) is 3.41. The van der Waals surface area contributed by atoms with E-state index in [1.54, 1.807) is 11.1 Å². The van der Waals surface area contributed by atoms with Gasteiger partial charge in [0.2, 0.25) is 5.91 Å². The summed E-state index contributed by atoms with van der Waals surface area (Å²) in [6.07, 6.45) is 4.73. The number of aromatic nitrogens is 2. The summed E-state index contributed by atoms with van der Waals surface area (Å²) in [6, 6.07) is 15.9. The first-order chi connectivity index (χ1) is 16.5. The van der Waals surface area contributed by atoms with Crippen LogP contribution in [0.5, 0.6) is 0 Å². The summed E-state index contributed by atoms with van der Waals surface area (Å²) in [5, 5.41) is 0.397. The minimum Gasteiger partial charge on any atom is -0.341 e. The Balaban J connectivity index is 1.43. The second-order valence-electron chi connectivity index (χ2n) is 8.94. The molecule has 2 aliphatic heterocycles. The first kappa shape index (κ1) is 22.6. The molecular weight excluding hydrogens is 444 g/mol. The predicted molar refractivity (Wildman–Crippen MR) is 134 cm³/mol. The Morgan fingerprint density at radius 1 is 1.06 bits per heavy atom. The maximum Gasteiger partial charge on any atom is 0.253 e. The van der Waals surface area contributed by atoms with E-state index in [-0.39, 0.29) is 17.1 Å². The fourth-order valence-electron chi connectivity index (χ4n) is 4.58. The van der Waals surface area contributed by atoms with E-state index in [4.69, 9.17) is 9.97 Å². The number of hydrogen-bond acceptors (Lipinski definition) is 5. The first-order valence-electron chi connectivity index (χ1n) is 11.7. The van der Waals surface area contributed by atoms with Crippen LogP contribution >= 0.6 is 11.8 Å². The number of aryl methyl sites for hydroxylation is 1. The largest absolute Gasteiger partial charge is 0.341 e. The monoisotopic (exact) mass is 472 g/mol. The number of carbonyl (C=O) groups excluding carboxylic acids is 2. The Hall–Kier alpha value is -3.19. The Morgan fingerprint density at radius 3 is 2.56 bits per heavy atom. The molecule has 1 atom stereocenters. The van der Waals surface area contributed by atoms with E-state index < -0.39 is 0 Å². The van der Waals surface area contributed by atoms with Gasteiger partial charge in [0.05, 0.1) is 17.6 Å². The molecule has 3 aromatic rings. The van der Waals surface area contributed by atoms with E-state index in [1.807, 2.05) is 67.4 Å². The normalized spacial score (nSPS) is 16.5. The van der Waals surface area contributed by atoms with Crippen LogP contribution in [-0.4, -0.2) is 58.3 Å². The molecule has 0 N–H and O–H groups in total. The lowest BCUT2D eigenvalue weighted by Gasteiger charge is -2.25. The molecule has 3 heterocycles. The molecular formula is C27H28N4O2S. The number of rotatable bonds is 5. The van der Waals surface area contributed by atoms with E-state index in [1.165, 1.54) is 11.8 Å². The van der Waals surface area contributed by atoms with Gasteiger partial charge >= 0.3 is 0 Å². The molecule has 2 aromatic carbocycles. The quantitative estimate of drug-likeness (QED) is 0.510. The highest BCUT2D eigenvalue weighted by Crippen LogP contribution is 2.38. The molecule has 0 aliphatic carbocycles. The highest BCUT2D eigenvalue weighted by atomic mass is 32.2. The number of likely N-dealkylation sites (N-methyl/N-ethyl adjacent to an activating group) is 1. The summed E-state index contributed by atoms with van der Waals surface area (Å²) in [7, 11) is 1.83. The third-order valence-electron chi connectivity index (χ3n) is 6.57. The van der Waals surface area contributed by atoms with Gasteiger partial charge in [-0.3, -0.25) is 9.59 Å². The van der Waals surface area contributed by atoms with Gasteiger partial charge in [-0.1, -0.05) is 54.2 Å². The van der Waals surface area contributed by atoms with Gasteiger partial charge in [-0.25, -0.2) is 9.97 Å². The molecule has 1 unspecified atom stereocenters. The molecule has 34 heavy (non-hydrogen) atoms.